The van der Waals surface area contributed by atoms with Crippen molar-refractivity contribution >= 4 is 6.03 Å². The van der Waals surface area contributed by atoms with E-state index in [4.69, 9.17) is 0 Å². The Labute approximate surface area is 130 Å². The number of nitrogens with one attached hydrogen (secondary N) is 1. The highest BCUT2D eigenvalue weighted by Gasteiger charge is 2.31. The summed E-state index contributed by atoms with van der Waals surface area (Å²) in [5, 5.41) is 13.0. The number of likely N-dealkylation sites (N-methyl/N-ethyl adjacent to an activating group) is 1. The van der Waals surface area contributed by atoms with E-state index in [1.807, 2.05) is 0 Å². The quantitative estimate of drug-likeness (QED) is 0.898. The summed E-state index contributed by atoms with van der Waals surface area (Å²) < 4.78 is 13.3. The highest BCUT2D eigenvalue weighted by molar-refractivity contribution is 5.74. The second kappa shape index (κ2) is 6.24. The number of rotatable bonds is 4. The van der Waals surface area contributed by atoms with Crippen molar-refractivity contribution in [3.05, 3.63) is 35.1 Å². The van der Waals surface area contributed by atoms with Crippen LogP contribution >= 0.6 is 0 Å². The van der Waals surface area contributed by atoms with Gasteiger partial charge in [0.1, 0.15) is 5.82 Å². The number of benzene rings is 1. The van der Waals surface area contributed by atoms with Gasteiger partial charge in [-0.25, -0.2) is 9.18 Å². The molecular formula is C17H23FN2O2. The molecule has 0 aromatic heterocycles. The molecule has 2 aliphatic rings. The summed E-state index contributed by atoms with van der Waals surface area (Å²) in [7, 11) is 1.70. The van der Waals surface area contributed by atoms with Gasteiger partial charge in [0.15, 0.2) is 0 Å². The van der Waals surface area contributed by atoms with Crippen molar-refractivity contribution in [2.24, 2.45) is 5.92 Å². The van der Waals surface area contributed by atoms with Gasteiger partial charge in [-0.05, 0) is 61.3 Å². The number of hydrogen-bond acceptors (Lipinski definition) is 2. The smallest absolute Gasteiger partial charge is 0.317 e. The lowest BCUT2D eigenvalue weighted by Gasteiger charge is -2.29. The highest BCUT2D eigenvalue weighted by atomic mass is 19.1. The molecule has 1 aromatic carbocycles. The number of carbonyl (C=O) groups excluding carboxylic acids is 1. The first-order valence-electron chi connectivity index (χ1n) is 8.02. The average molecular weight is 306 g/mol. The minimum Gasteiger partial charge on any atom is -0.391 e. The van der Waals surface area contributed by atoms with E-state index in [1.165, 1.54) is 6.07 Å². The van der Waals surface area contributed by atoms with Crippen LogP contribution in [0.2, 0.25) is 0 Å². The summed E-state index contributed by atoms with van der Waals surface area (Å²) in [4.78, 5) is 13.8. The third-order valence-electron chi connectivity index (χ3n) is 4.69. The average Bonchev–Trinajstić information content (AvgIpc) is 3.31. The minimum absolute atomic E-state index is 0.0719. The molecule has 0 heterocycles. The van der Waals surface area contributed by atoms with Crippen molar-refractivity contribution in [2.45, 2.75) is 44.2 Å². The largest absolute Gasteiger partial charge is 0.391 e. The van der Waals surface area contributed by atoms with E-state index < -0.39 is 6.10 Å². The molecule has 2 N–H and O–H groups in total. The van der Waals surface area contributed by atoms with Gasteiger partial charge in [0, 0.05) is 13.6 Å². The Balaban J connectivity index is 1.62. The number of aliphatic hydroxyl groups is 1. The Hall–Kier alpha value is -1.62. The molecule has 0 saturated heterocycles. The summed E-state index contributed by atoms with van der Waals surface area (Å²) in [6, 6.07) is 4.53. The third kappa shape index (κ3) is 3.40. The molecule has 2 aliphatic carbocycles. The van der Waals surface area contributed by atoms with Crippen LogP contribution in [-0.2, 0) is 6.42 Å². The Kier molecular flexibility index (Phi) is 4.34. The normalized spacial score (nSPS) is 21.9. The first-order chi connectivity index (χ1) is 10.5. The molecule has 2 unspecified atom stereocenters. The molecule has 2 amide bonds. The Morgan fingerprint density at radius 2 is 2.23 bits per heavy atom. The van der Waals surface area contributed by atoms with Gasteiger partial charge in [-0.2, -0.15) is 0 Å². The van der Waals surface area contributed by atoms with Crippen LogP contribution < -0.4 is 5.32 Å². The molecule has 4 nitrogen and oxygen atoms in total. The van der Waals surface area contributed by atoms with Crippen LogP contribution in [0.3, 0.4) is 0 Å². The zero-order valence-corrected chi connectivity index (χ0v) is 12.9. The van der Waals surface area contributed by atoms with Gasteiger partial charge in [0.05, 0.1) is 12.1 Å². The number of amides is 2. The topological polar surface area (TPSA) is 52.6 Å². The Morgan fingerprint density at radius 3 is 2.95 bits per heavy atom. The first-order valence-corrected chi connectivity index (χ1v) is 8.02. The molecule has 2 atom stereocenters. The fourth-order valence-electron chi connectivity index (χ4n) is 3.19. The van der Waals surface area contributed by atoms with Gasteiger partial charge in [0.25, 0.3) is 0 Å². The Bertz CT molecular complexity index is 560. The lowest BCUT2D eigenvalue weighted by atomic mass is 9.87. The van der Waals surface area contributed by atoms with Gasteiger partial charge in [0.2, 0.25) is 0 Å². The molecule has 1 saturated carbocycles. The van der Waals surface area contributed by atoms with Gasteiger partial charge in [-0.15, -0.1) is 0 Å². The maximum absolute atomic E-state index is 13.3. The number of aryl methyl sites for hydroxylation is 1. The molecule has 22 heavy (non-hydrogen) atoms. The van der Waals surface area contributed by atoms with Gasteiger partial charge >= 0.3 is 6.03 Å². The van der Waals surface area contributed by atoms with Crippen LogP contribution in [0.25, 0.3) is 0 Å². The summed E-state index contributed by atoms with van der Waals surface area (Å²) in [6.07, 6.45) is 4.34. The minimum atomic E-state index is -0.427. The molecule has 0 radical (unpaired) electrons. The predicted molar refractivity (Wildman–Crippen MR) is 82.0 cm³/mol. The molecule has 120 valence electrons. The standard InChI is InChI=1S/C17H23FN2O2/c1-20(10-16(21)11-5-6-11)17(22)19-15-4-2-3-12-9-13(18)7-8-14(12)15/h7-9,11,15-16,21H,2-6,10H2,1H3,(H,19,22). The van der Waals surface area contributed by atoms with Crippen LogP contribution in [-0.4, -0.2) is 35.7 Å². The van der Waals surface area contributed by atoms with E-state index >= 15 is 0 Å². The molecule has 1 fully saturated rings. The van der Waals surface area contributed by atoms with Crippen molar-refractivity contribution in [1.82, 2.24) is 10.2 Å². The number of fused-ring (bicyclic) bond motifs is 1. The van der Waals surface area contributed by atoms with E-state index in [2.05, 4.69) is 5.32 Å². The van der Waals surface area contributed by atoms with Gasteiger partial charge in [-0.3, -0.25) is 0 Å². The zero-order valence-electron chi connectivity index (χ0n) is 12.9. The van der Waals surface area contributed by atoms with Crippen molar-refractivity contribution in [1.29, 1.82) is 0 Å². The van der Waals surface area contributed by atoms with Crippen molar-refractivity contribution in [3.8, 4) is 0 Å². The number of aliphatic hydroxyl groups excluding tert-OH is 1. The number of carbonyl (C=O) groups is 1. The van der Waals surface area contributed by atoms with Crippen LogP contribution in [0.15, 0.2) is 18.2 Å². The van der Waals surface area contributed by atoms with Crippen LogP contribution in [0.5, 0.6) is 0 Å². The molecule has 0 bridgehead atoms. The maximum atomic E-state index is 13.3. The van der Waals surface area contributed by atoms with Crippen molar-refractivity contribution < 1.29 is 14.3 Å². The summed E-state index contributed by atoms with van der Waals surface area (Å²) >= 11 is 0. The second-order valence-corrected chi connectivity index (χ2v) is 6.52. The number of hydrogen-bond donors (Lipinski definition) is 2. The SMILES string of the molecule is CN(CC(O)C1CC1)C(=O)NC1CCCc2cc(F)ccc21. The molecule has 0 aliphatic heterocycles. The van der Waals surface area contributed by atoms with E-state index in [-0.39, 0.29) is 17.9 Å². The summed E-state index contributed by atoms with van der Waals surface area (Å²) in [6.45, 7) is 0.361. The maximum Gasteiger partial charge on any atom is 0.317 e. The van der Waals surface area contributed by atoms with E-state index in [0.29, 0.717) is 12.5 Å². The van der Waals surface area contributed by atoms with Crippen molar-refractivity contribution in [3.63, 3.8) is 0 Å². The van der Waals surface area contributed by atoms with Crippen LogP contribution in [0, 0.1) is 11.7 Å². The van der Waals surface area contributed by atoms with Crippen molar-refractivity contribution in [2.75, 3.05) is 13.6 Å². The molecule has 0 spiro atoms. The van der Waals surface area contributed by atoms with E-state index in [1.54, 1.807) is 24.1 Å². The zero-order chi connectivity index (χ0) is 15.7. The predicted octanol–water partition coefficient (Wildman–Crippen LogP) is 2.62. The number of halogens is 1. The lowest BCUT2D eigenvalue weighted by molar-refractivity contribution is 0.112. The van der Waals surface area contributed by atoms with E-state index in [0.717, 1.165) is 43.2 Å². The van der Waals surface area contributed by atoms with Gasteiger partial charge < -0.3 is 15.3 Å². The molecule has 5 heteroatoms. The van der Waals surface area contributed by atoms with Crippen LogP contribution in [0.4, 0.5) is 9.18 Å². The Morgan fingerprint density at radius 1 is 1.45 bits per heavy atom. The van der Waals surface area contributed by atoms with E-state index in [9.17, 15) is 14.3 Å². The fraction of sp³-hybridized carbons (Fsp3) is 0.588. The van der Waals surface area contributed by atoms with Gasteiger partial charge in [-0.1, -0.05) is 6.07 Å². The molecule has 3 rings (SSSR count). The second-order valence-electron chi connectivity index (χ2n) is 6.52. The summed E-state index contributed by atoms with van der Waals surface area (Å²) in [5.41, 5.74) is 1.99. The monoisotopic (exact) mass is 306 g/mol. The fourth-order valence-corrected chi connectivity index (χ4v) is 3.19. The highest BCUT2D eigenvalue weighted by Crippen LogP contribution is 2.33. The first kappa shape index (κ1) is 15.3. The van der Waals surface area contributed by atoms with Crippen LogP contribution in [0.1, 0.15) is 42.9 Å². The summed E-state index contributed by atoms with van der Waals surface area (Å²) in [5.74, 6) is 0.129. The lowest BCUT2D eigenvalue weighted by Crippen LogP contribution is -2.43. The molecule has 1 aromatic rings. The molecular weight excluding hydrogens is 283 g/mol. The third-order valence-corrected chi connectivity index (χ3v) is 4.69. The number of urea groups is 1. The number of nitrogens with zero attached hydrogens (tertiary/aromatic N) is 1.